The summed E-state index contributed by atoms with van der Waals surface area (Å²) in [6, 6.07) is 14.1. The number of hydrogen-bond donors (Lipinski definition) is 2. The Morgan fingerprint density at radius 3 is 2.69 bits per heavy atom. The zero-order valence-corrected chi connectivity index (χ0v) is 20.8. The number of thiocarbonyl (C=S) groups is 1. The topological polar surface area (TPSA) is 75.8 Å². The molecule has 0 saturated carbocycles. The molecule has 1 saturated heterocycles. The monoisotopic (exact) mass is 493 g/mol. The average Bonchev–Trinajstić information content (AvgIpc) is 3.39. The molecule has 2 aliphatic rings. The fourth-order valence-corrected chi connectivity index (χ4v) is 4.87. The highest BCUT2D eigenvalue weighted by molar-refractivity contribution is 7.80. The van der Waals surface area contributed by atoms with Crippen molar-refractivity contribution >= 4 is 28.2 Å². The summed E-state index contributed by atoms with van der Waals surface area (Å²) in [5.41, 5.74) is 3.78. The average molecular weight is 494 g/mol. The lowest BCUT2D eigenvalue weighted by Gasteiger charge is -2.27. The van der Waals surface area contributed by atoms with Gasteiger partial charge in [0.2, 0.25) is 0 Å². The SMILES string of the molecule is Cc1ccccc1CCN(Cc1cc2cc3c(cc2[nH]c1=O)OCCO3)C(=S)NCC1CCCO1. The third kappa shape index (κ3) is 5.60. The molecule has 3 aromatic rings. The molecule has 7 nitrogen and oxygen atoms in total. The van der Waals surface area contributed by atoms with Gasteiger partial charge in [-0.15, -0.1) is 0 Å². The second-order valence-corrected chi connectivity index (χ2v) is 9.51. The number of nitrogens with one attached hydrogen (secondary N) is 2. The Kier molecular flexibility index (Phi) is 7.20. The third-order valence-electron chi connectivity index (χ3n) is 6.65. The number of fused-ring (bicyclic) bond motifs is 2. The van der Waals surface area contributed by atoms with Crippen LogP contribution in [0.5, 0.6) is 11.5 Å². The summed E-state index contributed by atoms with van der Waals surface area (Å²) < 4.78 is 17.1. The van der Waals surface area contributed by atoms with Crippen LogP contribution in [-0.4, -0.2) is 54.0 Å². The van der Waals surface area contributed by atoms with Gasteiger partial charge in [-0.2, -0.15) is 0 Å². The molecule has 0 aliphatic carbocycles. The molecule has 184 valence electrons. The second-order valence-electron chi connectivity index (χ2n) is 9.13. The van der Waals surface area contributed by atoms with Gasteiger partial charge in [-0.05, 0) is 61.7 Å². The summed E-state index contributed by atoms with van der Waals surface area (Å²) in [5, 5.41) is 4.92. The van der Waals surface area contributed by atoms with Gasteiger partial charge in [0.05, 0.1) is 18.2 Å². The summed E-state index contributed by atoms with van der Waals surface area (Å²) in [6.45, 7) is 5.73. The molecule has 35 heavy (non-hydrogen) atoms. The van der Waals surface area contributed by atoms with E-state index in [1.54, 1.807) is 0 Å². The first kappa shape index (κ1) is 23.6. The zero-order valence-electron chi connectivity index (χ0n) is 20.0. The third-order valence-corrected chi connectivity index (χ3v) is 7.05. The first-order valence-corrected chi connectivity index (χ1v) is 12.6. The van der Waals surface area contributed by atoms with Gasteiger partial charge in [0, 0.05) is 36.7 Å². The summed E-state index contributed by atoms with van der Waals surface area (Å²) in [4.78, 5) is 18.1. The highest BCUT2D eigenvalue weighted by Gasteiger charge is 2.19. The first-order valence-electron chi connectivity index (χ1n) is 12.2. The van der Waals surface area contributed by atoms with Crippen LogP contribution in [0.1, 0.15) is 29.5 Å². The molecular weight excluding hydrogens is 462 g/mol. The normalized spacial score (nSPS) is 16.9. The Hall–Kier alpha value is -3.10. The number of aryl methyl sites for hydroxylation is 1. The molecule has 0 radical (unpaired) electrons. The van der Waals surface area contributed by atoms with Crippen molar-refractivity contribution in [2.75, 3.05) is 32.9 Å². The van der Waals surface area contributed by atoms with E-state index < -0.39 is 0 Å². The molecule has 0 bridgehead atoms. The maximum absolute atomic E-state index is 13.0. The predicted octanol–water partition coefficient (Wildman–Crippen LogP) is 3.71. The minimum atomic E-state index is -0.128. The smallest absolute Gasteiger partial charge is 0.253 e. The Morgan fingerprint density at radius 2 is 1.91 bits per heavy atom. The van der Waals surface area contributed by atoms with Gasteiger partial charge in [-0.25, -0.2) is 0 Å². The maximum Gasteiger partial charge on any atom is 0.253 e. The molecule has 1 aromatic heterocycles. The summed E-state index contributed by atoms with van der Waals surface area (Å²) in [7, 11) is 0. The quantitative estimate of drug-likeness (QED) is 0.486. The van der Waals surface area contributed by atoms with E-state index in [-0.39, 0.29) is 11.7 Å². The van der Waals surface area contributed by atoms with Gasteiger partial charge >= 0.3 is 0 Å². The van der Waals surface area contributed by atoms with Gasteiger partial charge in [0.15, 0.2) is 16.6 Å². The van der Waals surface area contributed by atoms with Crippen LogP contribution in [0.2, 0.25) is 0 Å². The van der Waals surface area contributed by atoms with Crippen molar-refractivity contribution in [2.24, 2.45) is 0 Å². The standard InChI is InChI=1S/C27H31N3O4S/c1-18-5-2-3-6-19(18)8-9-30(27(35)28-16-22-7-4-10-32-22)17-21-13-20-14-24-25(34-12-11-33-24)15-23(20)29-26(21)31/h2-3,5-6,13-15,22H,4,7-12,16-17H2,1H3,(H,28,35)(H,29,31). The maximum atomic E-state index is 13.0. The van der Waals surface area contributed by atoms with E-state index in [0.29, 0.717) is 55.0 Å². The molecule has 2 N–H and O–H groups in total. The highest BCUT2D eigenvalue weighted by Crippen LogP contribution is 2.33. The minimum Gasteiger partial charge on any atom is -0.486 e. The van der Waals surface area contributed by atoms with E-state index in [9.17, 15) is 4.79 Å². The van der Waals surface area contributed by atoms with Crippen LogP contribution in [0.3, 0.4) is 0 Å². The molecule has 1 unspecified atom stereocenters. The van der Waals surface area contributed by atoms with E-state index in [1.165, 1.54) is 11.1 Å². The van der Waals surface area contributed by atoms with Crippen LogP contribution in [0.4, 0.5) is 0 Å². The van der Waals surface area contributed by atoms with Gasteiger partial charge in [-0.1, -0.05) is 24.3 Å². The fourth-order valence-electron chi connectivity index (χ4n) is 4.63. The Morgan fingerprint density at radius 1 is 1.11 bits per heavy atom. The molecule has 0 spiro atoms. The number of hydrogen-bond acceptors (Lipinski definition) is 5. The van der Waals surface area contributed by atoms with Crippen molar-refractivity contribution in [3.05, 3.63) is 69.5 Å². The number of rotatable bonds is 7. The molecule has 2 aliphatic heterocycles. The zero-order chi connectivity index (χ0) is 24.2. The largest absolute Gasteiger partial charge is 0.486 e. The van der Waals surface area contributed by atoms with Crippen molar-refractivity contribution in [1.82, 2.24) is 15.2 Å². The molecular formula is C27H31N3O4S. The molecule has 0 amide bonds. The van der Waals surface area contributed by atoms with Crippen molar-refractivity contribution in [3.8, 4) is 11.5 Å². The number of pyridine rings is 1. The van der Waals surface area contributed by atoms with Crippen molar-refractivity contribution in [3.63, 3.8) is 0 Å². The van der Waals surface area contributed by atoms with Crippen LogP contribution in [0.15, 0.2) is 47.3 Å². The minimum absolute atomic E-state index is 0.128. The van der Waals surface area contributed by atoms with Gasteiger partial charge < -0.3 is 29.4 Å². The first-order chi connectivity index (χ1) is 17.1. The van der Waals surface area contributed by atoms with Crippen LogP contribution >= 0.6 is 12.2 Å². The predicted molar refractivity (Wildman–Crippen MR) is 140 cm³/mol. The molecule has 1 fully saturated rings. The number of nitrogens with zero attached hydrogens (tertiary/aromatic N) is 1. The lowest BCUT2D eigenvalue weighted by atomic mass is 10.1. The van der Waals surface area contributed by atoms with Crippen LogP contribution in [0, 0.1) is 6.92 Å². The highest BCUT2D eigenvalue weighted by atomic mass is 32.1. The Labute approximate surface area is 210 Å². The molecule has 8 heteroatoms. The lowest BCUT2D eigenvalue weighted by Crippen LogP contribution is -2.44. The fraction of sp³-hybridized carbons (Fsp3) is 0.407. The number of ether oxygens (including phenoxy) is 3. The number of benzene rings is 2. The van der Waals surface area contributed by atoms with Crippen molar-refractivity contribution < 1.29 is 14.2 Å². The number of aromatic amines is 1. The van der Waals surface area contributed by atoms with E-state index in [0.717, 1.165) is 36.8 Å². The van der Waals surface area contributed by atoms with Crippen molar-refractivity contribution in [1.29, 1.82) is 0 Å². The van der Waals surface area contributed by atoms with E-state index in [1.807, 2.05) is 24.3 Å². The summed E-state index contributed by atoms with van der Waals surface area (Å²) in [5.74, 6) is 1.36. The number of aromatic nitrogens is 1. The molecule has 5 rings (SSSR count). The summed E-state index contributed by atoms with van der Waals surface area (Å²) in [6.07, 6.45) is 3.14. The Balaban J connectivity index is 1.37. The van der Waals surface area contributed by atoms with Crippen molar-refractivity contribution in [2.45, 2.75) is 38.8 Å². The second kappa shape index (κ2) is 10.7. The van der Waals surface area contributed by atoms with E-state index >= 15 is 0 Å². The van der Waals surface area contributed by atoms with Crippen LogP contribution in [-0.2, 0) is 17.7 Å². The van der Waals surface area contributed by atoms with Gasteiger partial charge in [0.1, 0.15) is 13.2 Å². The van der Waals surface area contributed by atoms with E-state index in [2.05, 4.69) is 40.3 Å². The number of H-pyrrole nitrogens is 1. The van der Waals surface area contributed by atoms with Crippen LogP contribution in [0.25, 0.3) is 10.9 Å². The van der Waals surface area contributed by atoms with Crippen LogP contribution < -0.4 is 20.3 Å². The Bertz CT molecular complexity index is 1270. The van der Waals surface area contributed by atoms with E-state index in [4.69, 9.17) is 26.4 Å². The summed E-state index contributed by atoms with van der Waals surface area (Å²) >= 11 is 5.79. The lowest BCUT2D eigenvalue weighted by molar-refractivity contribution is 0.113. The molecule has 1 atom stereocenters. The molecule has 3 heterocycles. The van der Waals surface area contributed by atoms with Gasteiger partial charge in [-0.3, -0.25) is 4.79 Å². The molecule has 2 aromatic carbocycles. The van der Waals surface area contributed by atoms with Gasteiger partial charge in [0.25, 0.3) is 5.56 Å².